The maximum absolute atomic E-state index is 13.3. The molecule has 1 amide bonds. The molecular formula is C21H24N4O4S2. The fraction of sp³-hybridized carbons (Fsp3) is 0.429. The Morgan fingerprint density at radius 2 is 2.29 bits per heavy atom. The standard InChI is InChI=1S/C21H24N4O4S2/c1-13-5-2-8-24-18(13)23-17(22-7-4-9-26)15(19(24)27)11-16-20(28)25(21(30)31-16)12-14-6-3-10-29-14/h2,5,8,11,14,22,26H,3-4,6-7,9-10,12H2,1H3/b16-11-/t14-/m0/s1. The summed E-state index contributed by atoms with van der Waals surface area (Å²) in [6.45, 7) is 3.49. The highest BCUT2D eigenvalue weighted by atomic mass is 32.2. The average Bonchev–Trinajstić information content (AvgIpc) is 3.35. The van der Waals surface area contributed by atoms with E-state index >= 15 is 0 Å². The summed E-state index contributed by atoms with van der Waals surface area (Å²) in [7, 11) is 0. The fourth-order valence-corrected chi connectivity index (χ4v) is 4.90. The summed E-state index contributed by atoms with van der Waals surface area (Å²) < 4.78 is 7.58. The topological polar surface area (TPSA) is 96.2 Å². The minimum atomic E-state index is -0.274. The van der Waals surface area contributed by atoms with Crippen molar-refractivity contribution in [3.63, 3.8) is 0 Å². The van der Waals surface area contributed by atoms with Crippen LogP contribution < -0.4 is 10.9 Å². The number of hydrogen-bond donors (Lipinski definition) is 2. The average molecular weight is 461 g/mol. The monoisotopic (exact) mass is 460 g/mol. The van der Waals surface area contributed by atoms with Crippen molar-refractivity contribution in [2.75, 3.05) is 31.6 Å². The van der Waals surface area contributed by atoms with Crippen LogP contribution in [0, 0.1) is 6.92 Å². The van der Waals surface area contributed by atoms with Crippen molar-refractivity contribution >= 4 is 51.7 Å². The fourth-order valence-electron chi connectivity index (χ4n) is 3.64. The number of ether oxygens (including phenoxy) is 1. The molecule has 2 saturated heterocycles. The number of rotatable bonds is 7. The number of carbonyl (C=O) groups is 1. The Morgan fingerprint density at radius 3 is 3.03 bits per heavy atom. The van der Waals surface area contributed by atoms with Gasteiger partial charge in [-0.1, -0.05) is 30.0 Å². The summed E-state index contributed by atoms with van der Waals surface area (Å²) in [4.78, 5) is 32.9. The van der Waals surface area contributed by atoms with E-state index in [1.54, 1.807) is 23.2 Å². The predicted molar refractivity (Wildman–Crippen MR) is 125 cm³/mol. The quantitative estimate of drug-likeness (QED) is 0.369. The number of aromatic nitrogens is 2. The molecule has 2 aromatic rings. The molecule has 10 heteroatoms. The minimum Gasteiger partial charge on any atom is -0.396 e. The van der Waals surface area contributed by atoms with Crippen LogP contribution in [-0.2, 0) is 9.53 Å². The van der Waals surface area contributed by atoms with E-state index in [-0.39, 0.29) is 24.2 Å². The van der Waals surface area contributed by atoms with Crippen molar-refractivity contribution in [3.05, 3.63) is 44.7 Å². The number of thioether (sulfide) groups is 1. The number of amides is 1. The van der Waals surface area contributed by atoms with Gasteiger partial charge in [-0.2, -0.15) is 0 Å². The van der Waals surface area contributed by atoms with E-state index in [2.05, 4.69) is 10.3 Å². The first-order valence-corrected chi connectivity index (χ1v) is 11.5. The Bertz CT molecular complexity index is 1110. The number of aliphatic hydroxyl groups excluding tert-OH is 1. The zero-order valence-corrected chi connectivity index (χ0v) is 18.8. The second-order valence-electron chi connectivity index (χ2n) is 7.50. The summed E-state index contributed by atoms with van der Waals surface area (Å²) in [5, 5.41) is 12.2. The second kappa shape index (κ2) is 9.47. The van der Waals surface area contributed by atoms with Crippen molar-refractivity contribution in [1.82, 2.24) is 14.3 Å². The van der Waals surface area contributed by atoms with E-state index in [1.807, 2.05) is 13.0 Å². The molecule has 4 rings (SSSR count). The summed E-state index contributed by atoms with van der Waals surface area (Å²) in [6.07, 6.45) is 5.63. The third-order valence-corrected chi connectivity index (χ3v) is 6.65. The minimum absolute atomic E-state index is 0.00602. The van der Waals surface area contributed by atoms with Crippen LogP contribution in [-0.4, -0.2) is 62.0 Å². The molecule has 0 bridgehead atoms. The van der Waals surface area contributed by atoms with Gasteiger partial charge in [-0.25, -0.2) is 4.98 Å². The van der Waals surface area contributed by atoms with E-state index in [4.69, 9.17) is 22.1 Å². The van der Waals surface area contributed by atoms with Crippen LogP contribution in [0.25, 0.3) is 11.7 Å². The molecule has 4 heterocycles. The van der Waals surface area contributed by atoms with Gasteiger partial charge in [0.1, 0.15) is 15.8 Å². The number of thiocarbonyl (C=S) groups is 1. The van der Waals surface area contributed by atoms with Gasteiger partial charge in [0.25, 0.3) is 11.5 Å². The maximum atomic E-state index is 13.3. The molecule has 2 fully saturated rings. The van der Waals surface area contributed by atoms with Gasteiger partial charge >= 0.3 is 0 Å². The van der Waals surface area contributed by atoms with E-state index in [0.717, 1.165) is 18.4 Å². The Hall–Kier alpha value is -2.27. The van der Waals surface area contributed by atoms with E-state index in [0.29, 0.717) is 52.4 Å². The van der Waals surface area contributed by atoms with Crippen molar-refractivity contribution in [2.45, 2.75) is 32.3 Å². The third kappa shape index (κ3) is 4.52. The van der Waals surface area contributed by atoms with Gasteiger partial charge in [-0.15, -0.1) is 0 Å². The lowest BCUT2D eigenvalue weighted by Gasteiger charge is -2.18. The van der Waals surface area contributed by atoms with Crippen LogP contribution in [0.5, 0.6) is 0 Å². The Balaban J connectivity index is 1.72. The molecule has 1 atom stereocenters. The van der Waals surface area contributed by atoms with Gasteiger partial charge in [0.2, 0.25) is 0 Å². The van der Waals surface area contributed by atoms with Gasteiger partial charge in [0.15, 0.2) is 0 Å². The largest absolute Gasteiger partial charge is 0.396 e. The molecule has 0 aromatic carbocycles. The first-order valence-electron chi connectivity index (χ1n) is 10.2. The molecule has 0 radical (unpaired) electrons. The number of hydrogen-bond acceptors (Lipinski definition) is 8. The Kier molecular flexibility index (Phi) is 6.71. The van der Waals surface area contributed by atoms with Crippen molar-refractivity contribution in [2.24, 2.45) is 0 Å². The molecule has 31 heavy (non-hydrogen) atoms. The molecule has 2 aromatic heterocycles. The Morgan fingerprint density at radius 1 is 1.45 bits per heavy atom. The number of anilines is 1. The van der Waals surface area contributed by atoms with Crippen LogP contribution in [0.1, 0.15) is 30.4 Å². The number of nitrogens with zero attached hydrogens (tertiary/aromatic N) is 3. The number of aliphatic hydroxyl groups is 1. The molecule has 0 saturated carbocycles. The van der Waals surface area contributed by atoms with Crippen LogP contribution in [0.15, 0.2) is 28.0 Å². The first-order chi connectivity index (χ1) is 15.0. The molecule has 2 aliphatic heterocycles. The Labute approximate surface area is 189 Å². The number of pyridine rings is 1. The molecule has 0 spiro atoms. The summed E-state index contributed by atoms with van der Waals surface area (Å²) in [6, 6.07) is 3.67. The zero-order chi connectivity index (χ0) is 22.0. The zero-order valence-electron chi connectivity index (χ0n) is 17.2. The lowest BCUT2D eigenvalue weighted by Crippen LogP contribution is -2.35. The lowest BCUT2D eigenvalue weighted by molar-refractivity contribution is -0.123. The van der Waals surface area contributed by atoms with Gasteiger partial charge < -0.3 is 15.2 Å². The summed E-state index contributed by atoms with van der Waals surface area (Å²) in [5.41, 5.74) is 1.42. The first kappa shape index (κ1) is 21.9. The molecule has 2 aliphatic rings. The molecular weight excluding hydrogens is 436 g/mol. The number of carbonyl (C=O) groups excluding carboxylic acids is 1. The molecule has 0 unspecified atom stereocenters. The molecule has 0 aliphatic carbocycles. The van der Waals surface area contributed by atoms with Gasteiger partial charge in [0.05, 0.1) is 23.1 Å². The lowest BCUT2D eigenvalue weighted by atomic mass is 10.2. The van der Waals surface area contributed by atoms with Gasteiger partial charge in [-0.3, -0.25) is 18.9 Å². The number of fused-ring (bicyclic) bond motifs is 1. The molecule has 2 N–H and O–H groups in total. The maximum Gasteiger partial charge on any atom is 0.267 e. The van der Waals surface area contributed by atoms with Crippen LogP contribution in [0.3, 0.4) is 0 Å². The summed E-state index contributed by atoms with van der Waals surface area (Å²) in [5.74, 6) is 0.165. The number of aryl methyl sites for hydroxylation is 1. The van der Waals surface area contributed by atoms with Crippen LogP contribution >= 0.6 is 24.0 Å². The highest BCUT2D eigenvalue weighted by Gasteiger charge is 2.35. The van der Waals surface area contributed by atoms with E-state index < -0.39 is 0 Å². The highest BCUT2D eigenvalue weighted by Crippen LogP contribution is 2.34. The van der Waals surface area contributed by atoms with Gasteiger partial charge in [-0.05, 0) is 43.9 Å². The van der Waals surface area contributed by atoms with Crippen molar-refractivity contribution < 1.29 is 14.6 Å². The van der Waals surface area contributed by atoms with Crippen LogP contribution in [0.2, 0.25) is 0 Å². The SMILES string of the molecule is Cc1cccn2c(=O)c(/C=C3\SC(=S)N(C[C@@H]4CCCO4)C3=O)c(NCCCO)nc12. The third-order valence-electron chi connectivity index (χ3n) is 5.27. The predicted octanol–water partition coefficient (Wildman–Crippen LogP) is 2.18. The normalized spacial score (nSPS) is 20.4. The van der Waals surface area contributed by atoms with Gasteiger partial charge in [0, 0.05) is 26.0 Å². The molecule has 164 valence electrons. The highest BCUT2D eigenvalue weighted by molar-refractivity contribution is 8.26. The van der Waals surface area contributed by atoms with E-state index in [1.165, 1.54) is 16.2 Å². The second-order valence-corrected chi connectivity index (χ2v) is 9.17. The number of nitrogens with one attached hydrogen (secondary N) is 1. The van der Waals surface area contributed by atoms with Crippen molar-refractivity contribution in [3.8, 4) is 0 Å². The summed E-state index contributed by atoms with van der Waals surface area (Å²) >= 11 is 6.60. The van der Waals surface area contributed by atoms with Crippen molar-refractivity contribution in [1.29, 1.82) is 0 Å². The smallest absolute Gasteiger partial charge is 0.267 e. The van der Waals surface area contributed by atoms with Crippen LogP contribution in [0.4, 0.5) is 5.82 Å². The van der Waals surface area contributed by atoms with E-state index in [9.17, 15) is 9.59 Å². The molecule has 8 nitrogen and oxygen atoms in total.